The lowest BCUT2D eigenvalue weighted by molar-refractivity contribution is 0.0424. The van der Waals surface area contributed by atoms with Crippen molar-refractivity contribution >= 4 is 5.69 Å². The van der Waals surface area contributed by atoms with E-state index in [-0.39, 0.29) is 5.82 Å². The highest BCUT2D eigenvalue weighted by Gasteiger charge is 2.46. The molecule has 0 radical (unpaired) electrons. The Kier molecular flexibility index (Phi) is 3.91. The summed E-state index contributed by atoms with van der Waals surface area (Å²) in [5.74, 6) is 0.602. The molecule has 2 fully saturated rings. The van der Waals surface area contributed by atoms with Crippen LogP contribution < -0.4 is 4.90 Å². The second-order valence-electron chi connectivity index (χ2n) is 9.93. The first-order valence-corrected chi connectivity index (χ1v) is 11.5. The number of likely N-dealkylation sites (tertiary alicyclic amines) is 1. The van der Waals surface area contributed by atoms with Gasteiger partial charge in [0.25, 0.3) is 0 Å². The van der Waals surface area contributed by atoms with Gasteiger partial charge >= 0.3 is 0 Å². The van der Waals surface area contributed by atoms with Gasteiger partial charge in [-0.05, 0) is 61.0 Å². The lowest BCUT2D eigenvalue weighted by Crippen LogP contribution is -2.55. The Morgan fingerprint density at radius 3 is 2.64 bits per heavy atom. The number of hydrogen-bond donors (Lipinski definition) is 0. The summed E-state index contributed by atoms with van der Waals surface area (Å²) in [6, 6.07) is 15.6. The SMILES string of the molecule is CN1CC2(CCN(c3ccc4c(c3)Cn3cc(-c5ccc(F)cc5)cc3-c3nncn3-4)C2)C1. The van der Waals surface area contributed by atoms with Crippen molar-refractivity contribution in [2.75, 3.05) is 38.1 Å². The minimum atomic E-state index is -0.224. The average molecular weight is 441 g/mol. The minimum Gasteiger partial charge on any atom is -0.371 e. The first-order valence-electron chi connectivity index (χ1n) is 11.5. The van der Waals surface area contributed by atoms with E-state index >= 15 is 0 Å². The summed E-state index contributed by atoms with van der Waals surface area (Å²) in [4.78, 5) is 4.96. The fourth-order valence-electron chi connectivity index (χ4n) is 6.04. The minimum absolute atomic E-state index is 0.224. The van der Waals surface area contributed by atoms with Crippen LogP contribution in [0, 0.1) is 11.2 Å². The van der Waals surface area contributed by atoms with Gasteiger partial charge in [0.15, 0.2) is 5.82 Å². The van der Waals surface area contributed by atoms with Crippen molar-refractivity contribution in [3.63, 3.8) is 0 Å². The van der Waals surface area contributed by atoms with E-state index in [1.165, 1.54) is 42.9 Å². The molecule has 3 aliphatic heterocycles. The topological polar surface area (TPSA) is 42.1 Å². The van der Waals surface area contributed by atoms with Crippen molar-refractivity contribution in [2.45, 2.75) is 13.0 Å². The zero-order valence-corrected chi connectivity index (χ0v) is 18.6. The van der Waals surface area contributed by atoms with Crippen molar-refractivity contribution < 1.29 is 4.39 Å². The number of rotatable bonds is 2. The summed E-state index contributed by atoms with van der Waals surface area (Å²) >= 11 is 0. The molecule has 3 aliphatic rings. The Hall–Kier alpha value is -3.45. The van der Waals surface area contributed by atoms with Gasteiger partial charge in [-0.2, -0.15) is 0 Å². The van der Waals surface area contributed by atoms with E-state index in [9.17, 15) is 4.39 Å². The van der Waals surface area contributed by atoms with Gasteiger partial charge in [0.05, 0.1) is 11.4 Å². The Balaban J connectivity index is 1.27. The molecule has 0 amide bonds. The van der Waals surface area contributed by atoms with Gasteiger partial charge in [-0.1, -0.05) is 12.1 Å². The number of benzene rings is 2. The Labute approximate surface area is 191 Å². The summed E-state index contributed by atoms with van der Waals surface area (Å²) < 4.78 is 17.7. The van der Waals surface area contributed by atoms with Crippen LogP contribution in [-0.2, 0) is 6.54 Å². The van der Waals surface area contributed by atoms with Crippen molar-refractivity contribution in [1.82, 2.24) is 24.2 Å². The number of anilines is 1. The molecular formula is C26H25FN6. The zero-order chi connectivity index (χ0) is 22.2. The maximum atomic E-state index is 13.4. The molecular weight excluding hydrogens is 415 g/mol. The van der Waals surface area contributed by atoms with Gasteiger partial charge in [0.2, 0.25) is 0 Å². The van der Waals surface area contributed by atoms with Crippen LogP contribution in [0.25, 0.3) is 28.3 Å². The van der Waals surface area contributed by atoms with Crippen LogP contribution in [0.1, 0.15) is 12.0 Å². The molecule has 6 nitrogen and oxygen atoms in total. The summed E-state index contributed by atoms with van der Waals surface area (Å²) in [6.45, 7) is 5.42. The largest absolute Gasteiger partial charge is 0.371 e. The fourth-order valence-corrected chi connectivity index (χ4v) is 6.04. The molecule has 5 heterocycles. The maximum Gasteiger partial charge on any atom is 0.185 e. The second kappa shape index (κ2) is 6.78. The standard InChI is InChI=1S/C26H25FN6/c1-30-14-26(15-30)8-9-31(16-26)22-6-7-23-20(10-22)13-32-12-19(18-2-4-21(27)5-3-18)11-24(32)25-29-28-17-33(23)25/h2-7,10-12,17H,8-9,13-16H2,1H3. The molecule has 7 heteroatoms. The summed E-state index contributed by atoms with van der Waals surface area (Å²) in [5, 5.41) is 8.66. The Bertz CT molecular complexity index is 1360. The number of hydrogen-bond acceptors (Lipinski definition) is 4. The third-order valence-electron chi connectivity index (χ3n) is 7.53. The summed E-state index contributed by atoms with van der Waals surface area (Å²) in [7, 11) is 2.21. The highest BCUT2D eigenvalue weighted by atomic mass is 19.1. The smallest absolute Gasteiger partial charge is 0.185 e. The fraction of sp³-hybridized carbons (Fsp3) is 0.308. The monoisotopic (exact) mass is 440 g/mol. The predicted octanol–water partition coefficient (Wildman–Crippen LogP) is 4.05. The van der Waals surface area contributed by atoms with Crippen LogP contribution in [0.5, 0.6) is 0 Å². The van der Waals surface area contributed by atoms with E-state index in [1.54, 1.807) is 6.33 Å². The molecule has 7 rings (SSSR count). The van der Waals surface area contributed by atoms with E-state index in [2.05, 4.69) is 66.6 Å². The van der Waals surface area contributed by atoms with Gasteiger partial charge in [0.1, 0.15) is 12.1 Å². The Morgan fingerprint density at radius 1 is 0.970 bits per heavy atom. The van der Waals surface area contributed by atoms with E-state index in [4.69, 9.17) is 0 Å². The third-order valence-corrected chi connectivity index (χ3v) is 7.53. The number of fused-ring (bicyclic) bond motifs is 5. The molecule has 2 saturated heterocycles. The van der Waals surface area contributed by atoms with Crippen molar-refractivity contribution in [3.8, 4) is 28.3 Å². The molecule has 0 N–H and O–H groups in total. The molecule has 0 aliphatic carbocycles. The van der Waals surface area contributed by atoms with Gasteiger partial charge in [-0.25, -0.2) is 4.39 Å². The molecule has 4 aromatic rings. The predicted molar refractivity (Wildman–Crippen MR) is 126 cm³/mol. The summed E-state index contributed by atoms with van der Waals surface area (Å²) in [5.41, 5.74) is 7.20. The normalized spacial score (nSPS) is 18.5. The van der Waals surface area contributed by atoms with Crippen LogP contribution in [0.2, 0.25) is 0 Å². The van der Waals surface area contributed by atoms with Crippen LogP contribution >= 0.6 is 0 Å². The van der Waals surface area contributed by atoms with Gasteiger partial charge in [0, 0.05) is 55.6 Å². The quantitative estimate of drug-likeness (QED) is 0.415. The maximum absolute atomic E-state index is 13.4. The van der Waals surface area contributed by atoms with Crippen LogP contribution in [0.15, 0.2) is 61.1 Å². The number of aromatic nitrogens is 4. The average Bonchev–Trinajstić information content (AvgIpc) is 3.51. The first-order chi connectivity index (χ1) is 16.1. The Morgan fingerprint density at radius 2 is 1.82 bits per heavy atom. The van der Waals surface area contributed by atoms with Crippen LogP contribution in [-0.4, -0.2) is 57.5 Å². The molecule has 0 unspecified atom stereocenters. The molecule has 1 spiro atoms. The van der Waals surface area contributed by atoms with Gasteiger partial charge in [-0.15, -0.1) is 10.2 Å². The van der Waals surface area contributed by atoms with E-state index in [0.29, 0.717) is 5.41 Å². The van der Waals surface area contributed by atoms with Crippen molar-refractivity contribution in [1.29, 1.82) is 0 Å². The molecule has 2 aromatic carbocycles. The lowest BCUT2D eigenvalue weighted by Gasteiger charge is -2.46. The van der Waals surface area contributed by atoms with E-state index in [0.717, 1.165) is 48.0 Å². The molecule has 166 valence electrons. The number of nitrogens with zero attached hydrogens (tertiary/aromatic N) is 6. The second-order valence-corrected chi connectivity index (χ2v) is 9.93. The zero-order valence-electron chi connectivity index (χ0n) is 18.6. The summed E-state index contributed by atoms with van der Waals surface area (Å²) in [6.07, 6.45) is 5.20. The van der Waals surface area contributed by atoms with Crippen molar-refractivity contribution in [2.24, 2.45) is 5.41 Å². The van der Waals surface area contributed by atoms with Crippen LogP contribution in [0.3, 0.4) is 0 Å². The number of halogens is 1. The van der Waals surface area contributed by atoms with Crippen molar-refractivity contribution in [3.05, 3.63) is 72.4 Å². The molecule has 33 heavy (non-hydrogen) atoms. The van der Waals surface area contributed by atoms with E-state index < -0.39 is 0 Å². The lowest BCUT2D eigenvalue weighted by atomic mass is 9.79. The molecule has 0 bridgehead atoms. The van der Waals surface area contributed by atoms with Crippen LogP contribution in [0.4, 0.5) is 10.1 Å². The van der Waals surface area contributed by atoms with Gasteiger partial charge in [-0.3, -0.25) is 4.57 Å². The molecule has 2 aromatic heterocycles. The molecule has 0 saturated carbocycles. The molecule has 0 atom stereocenters. The first kappa shape index (κ1) is 19.1. The highest BCUT2D eigenvalue weighted by molar-refractivity contribution is 5.72. The van der Waals surface area contributed by atoms with Gasteiger partial charge < -0.3 is 14.4 Å². The third kappa shape index (κ3) is 2.95. The van der Waals surface area contributed by atoms with E-state index in [1.807, 2.05) is 12.1 Å². The highest BCUT2D eigenvalue weighted by Crippen LogP contribution is 2.41.